The third-order valence-electron chi connectivity index (χ3n) is 4.37. The topological polar surface area (TPSA) is 108 Å². The first-order valence-corrected chi connectivity index (χ1v) is 8.41. The molecule has 8 nitrogen and oxygen atoms in total. The van der Waals surface area contributed by atoms with Crippen LogP contribution in [0.2, 0.25) is 0 Å². The maximum absolute atomic E-state index is 12.0. The number of morpholine rings is 1. The second-order valence-electron chi connectivity index (χ2n) is 6.04. The number of aromatic nitrogens is 2. The van der Waals surface area contributed by atoms with Gasteiger partial charge in [0.1, 0.15) is 0 Å². The molecule has 3 rings (SSSR count). The lowest BCUT2D eigenvalue weighted by molar-refractivity contribution is -0.123. The molecule has 1 fully saturated rings. The molecule has 0 aromatic carbocycles. The molecule has 1 aliphatic carbocycles. The first kappa shape index (κ1) is 18.4. The minimum Gasteiger partial charge on any atom is -0.483 e. The molecule has 2 heterocycles. The molecule has 1 aliphatic heterocycles. The van der Waals surface area contributed by atoms with E-state index in [2.05, 4.69) is 20.4 Å². The maximum atomic E-state index is 12.0. The molecule has 1 saturated heterocycles. The van der Waals surface area contributed by atoms with Gasteiger partial charge >= 0.3 is 0 Å². The van der Waals surface area contributed by atoms with Crippen LogP contribution in [0.1, 0.15) is 30.5 Å². The third-order valence-corrected chi connectivity index (χ3v) is 4.37. The highest BCUT2D eigenvalue weighted by molar-refractivity contribution is 5.76. The van der Waals surface area contributed by atoms with Crippen molar-refractivity contribution < 1.29 is 19.4 Å². The molecular formula is C16H26N4O4. The van der Waals surface area contributed by atoms with Crippen molar-refractivity contribution in [1.29, 1.82) is 0 Å². The second kappa shape index (κ2) is 10.0. The van der Waals surface area contributed by atoms with Crippen LogP contribution in [0.5, 0.6) is 0 Å². The number of rotatable bonds is 5. The van der Waals surface area contributed by atoms with E-state index in [4.69, 9.17) is 14.6 Å². The van der Waals surface area contributed by atoms with Crippen LogP contribution >= 0.6 is 0 Å². The van der Waals surface area contributed by atoms with E-state index < -0.39 is 0 Å². The number of fused-ring (bicyclic) bond motifs is 1. The van der Waals surface area contributed by atoms with Gasteiger partial charge in [-0.25, -0.2) is 0 Å². The zero-order valence-electron chi connectivity index (χ0n) is 13.9. The monoisotopic (exact) mass is 338 g/mol. The molecule has 134 valence electrons. The molecule has 8 heteroatoms. The summed E-state index contributed by atoms with van der Waals surface area (Å²) in [4.78, 5) is 22.8. The molecule has 0 saturated carbocycles. The first-order valence-electron chi connectivity index (χ1n) is 8.41. The Labute approximate surface area is 141 Å². The Bertz CT molecular complexity index is 514. The van der Waals surface area contributed by atoms with Gasteiger partial charge in [-0.05, 0) is 31.4 Å². The molecule has 1 atom stereocenters. The molecule has 1 amide bonds. The lowest BCUT2D eigenvalue weighted by atomic mass is 9.93. The lowest BCUT2D eigenvalue weighted by Gasteiger charge is -2.26. The molecule has 1 unspecified atom stereocenters. The summed E-state index contributed by atoms with van der Waals surface area (Å²) in [6, 6.07) is 0.258. The van der Waals surface area contributed by atoms with Gasteiger partial charge in [-0.2, -0.15) is 5.10 Å². The number of carboxylic acid groups (broad SMARTS) is 1. The predicted molar refractivity (Wildman–Crippen MR) is 87.7 cm³/mol. The molecular weight excluding hydrogens is 312 g/mol. The van der Waals surface area contributed by atoms with E-state index in [9.17, 15) is 4.79 Å². The summed E-state index contributed by atoms with van der Waals surface area (Å²) in [6.45, 7) is 4.37. The Morgan fingerprint density at radius 3 is 3.00 bits per heavy atom. The summed E-state index contributed by atoms with van der Waals surface area (Å²) in [5.41, 5.74) is 2.48. The molecule has 1 aromatic heterocycles. The fourth-order valence-electron chi connectivity index (χ4n) is 3.12. The number of nitrogens with one attached hydrogen (secondary N) is 2. The van der Waals surface area contributed by atoms with Crippen molar-refractivity contribution >= 4 is 12.4 Å². The molecule has 2 aliphatic rings. The van der Waals surface area contributed by atoms with Gasteiger partial charge in [0, 0.05) is 37.7 Å². The molecule has 0 spiro atoms. The van der Waals surface area contributed by atoms with Gasteiger partial charge in [-0.3, -0.25) is 19.6 Å². The minimum atomic E-state index is -0.250. The fraction of sp³-hybridized carbons (Fsp3) is 0.688. The Balaban J connectivity index is 0.000000647. The van der Waals surface area contributed by atoms with Gasteiger partial charge < -0.3 is 15.2 Å². The summed E-state index contributed by atoms with van der Waals surface area (Å²) in [5.74, 6) is 0.177. The second-order valence-corrected chi connectivity index (χ2v) is 6.04. The molecule has 0 radical (unpaired) electrons. The zero-order chi connectivity index (χ0) is 17.2. The quantitative estimate of drug-likeness (QED) is 0.662. The smallest absolute Gasteiger partial charge is 0.290 e. The van der Waals surface area contributed by atoms with E-state index in [0.717, 1.165) is 58.5 Å². The van der Waals surface area contributed by atoms with E-state index in [1.807, 2.05) is 6.20 Å². The van der Waals surface area contributed by atoms with E-state index in [1.54, 1.807) is 0 Å². The first-order chi connectivity index (χ1) is 11.7. The van der Waals surface area contributed by atoms with Crippen LogP contribution in [-0.4, -0.2) is 71.5 Å². The number of hydrogen-bond donors (Lipinski definition) is 3. The maximum Gasteiger partial charge on any atom is 0.290 e. The number of aromatic amines is 1. The van der Waals surface area contributed by atoms with Crippen LogP contribution in [0.4, 0.5) is 0 Å². The molecule has 3 N–H and O–H groups in total. The number of aryl methyl sites for hydroxylation is 1. The average molecular weight is 338 g/mol. The zero-order valence-corrected chi connectivity index (χ0v) is 13.9. The lowest BCUT2D eigenvalue weighted by Crippen LogP contribution is -2.40. The number of amides is 1. The summed E-state index contributed by atoms with van der Waals surface area (Å²) in [6.07, 6.45) is 6.34. The van der Waals surface area contributed by atoms with Crippen LogP contribution in [0.3, 0.4) is 0 Å². The fourth-order valence-corrected chi connectivity index (χ4v) is 3.12. The number of nitrogens with zero attached hydrogens (tertiary/aromatic N) is 2. The normalized spacial score (nSPS) is 20.4. The Hall–Kier alpha value is -1.93. The van der Waals surface area contributed by atoms with Crippen LogP contribution < -0.4 is 5.32 Å². The summed E-state index contributed by atoms with van der Waals surface area (Å²) in [7, 11) is 0. The van der Waals surface area contributed by atoms with E-state index in [1.165, 1.54) is 11.3 Å². The van der Waals surface area contributed by atoms with Crippen LogP contribution in [0.15, 0.2) is 6.20 Å². The van der Waals surface area contributed by atoms with Crippen molar-refractivity contribution in [2.75, 3.05) is 32.8 Å². The van der Waals surface area contributed by atoms with Crippen LogP contribution in [0.25, 0.3) is 0 Å². The highest BCUT2D eigenvalue weighted by Gasteiger charge is 2.21. The minimum absolute atomic E-state index is 0.177. The summed E-state index contributed by atoms with van der Waals surface area (Å²) < 4.78 is 5.32. The van der Waals surface area contributed by atoms with Gasteiger partial charge in [0.15, 0.2) is 0 Å². The van der Waals surface area contributed by atoms with E-state index >= 15 is 0 Å². The Morgan fingerprint density at radius 2 is 2.25 bits per heavy atom. The van der Waals surface area contributed by atoms with Crippen LogP contribution in [-0.2, 0) is 27.2 Å². The number of carbonyl (C=O) groups excluding carboxylic acids is 1. The SMILES string of the molecule is O=C(CCCN1CCOCC1)NC1CCc2cn[nH]c2C1.O=CO. The number of hydrogen-bond acceptors (Lipinski definition) is 5. The van der Waals surface area contributed by atoms with Gasteiger partial charge in [0.2, 0.25) is 5.91 Å². The van der Waals surface area contributed by atoms with Crippen molar-refractivity contribution in [2.45, 2.75) is 38.1 Å². The third kappa shape index (κ3) is 5.93. The number of ether oxygens (including phenoxy) is 1. The van der Waals surface area contributed by atoms with E-state index in [-0.39, 0.29) is 18.4 Å². The van der Waals surface area contributed by atoms with E-state index in [0.29, 0.717) is 6.42 Å². The van der Waals surface area contributed by atoms with Crippen molar-refractivity contribution in [2.24, 2.45) is 0 Å². The highest BCUT2D eigenvalue weighted by Crippen LogP contribution is 2.18. The standard InChI is InChI=1S/C15H24N4O2.CH2O2/c20-15(2-1-5-19-6-8-21-9-7-19)17-13-4-3-12-11-16-18-14(12)10-13;2-1-3/h11,13H,1-10H2,(H,16,18)(H,17,20);1H,(H,2,3). The van der Waals surface area contributed by atoms with Crippen molar-refractivity contribution in [3.05, 3.63) is 17.5 Å². The van der Waals surface area contributed by atoms with Crippen molar-refractivity contribution in [1.82, 2.24) is 20.4 Å². The number of H-pyrrole nitrogens is 1. The molecule has 0 bridgehead atoms. The predicted octanol–water partition coefficient (Wildman–Crippen LogP) is 0.196. The molecule has 1 aromatic rings. The van der Waals surface area contributed by atoms with Crippen molar-refractivity contribution in [3.63, 3.8) is 0 Å². The van der Waals surface area contributed by atoms with Gasteiger partial charge in [-0.15, -0.1) is 0 Å². The largest absolute Gasteiger partial charge is 0.483 e. The number of carbonyl (C=O) groups is 2. The highest BCUT2D eigenvalue weighted by atomic mass is 16.5. The molecule has 24 heavy (non-hydrogen) atoms. The Kier molecular flexibility index (Phi) is 7.70. The van der Waals surface area contributed by atoms with Gasteiger partial charge in [0.05, 0.1) is 19.4 Å². The van der Waals surface area contributed by atoms with Gasteiger partial charge in [-0.1, -0.05) is 0 Å². The van der Waals surface area contributed by atoms with Gasteiger partial charge in [0.25, 0.3) is 6.47 Å². The summed E-state index contributed by atoms with van der Waals surface area (Å²) in [5, 5.41) is 17.1. The summed E-state index contributed by atoms with van der Waals surface area (Å²) >= 11 is 0. The average Bonchev–Trinajstić information content (AvgIpc) is 3.04. The van der Waals surface area contributed by atoms with Crippen molar-refractivity contribution in [3.8, 4) is 0 Å². The van der Waals surface area contributed by atoms with Crippen LogP contribution in [0, 0.1) is 0 Å². The Morgan fingerprint density at radius 1 is 1.50 bits per heavy atom.